The van der Waals surface area contributed by atoms with Gasteiger partial charge in [-0.1, -0.05) is 18.2 Å². The van der Waals surface area contributed by atoms with Gasteiger partial charge in [-0.3, -0.25) is 0 Å². The zero-order chi connectivity index (χ0) is 15.5. The molecule has 0 aliphatic carbocycles. The van der Waals surface area contributed by atoms with Gasteiger partial charge >= 0.3 is 0 Å². The standard InChI is InChI=1S/C18H18N4/c1-12(10-19)14-3-2-4-15(9-14)17-11-21-18(22-17)13-5-7-16(20)8-6-13/h2-11H,19-20H2,1H3,(H,21,22)/b12-10+. The van der Waals surface area contributed by atoms with E-state index in [1.165, 1.54) is 0 Å². The number of nitrogens with one attached hydrogen (secondary N) is 1. The molecule has 3 aromatic rings. The first-order chi connectivity index (χ1) is 10.7. The summed E-state index contributed by atoms with van der Waals surface area (Å²) in [6.45, 7) is 1.99. The molecule has 0 spiro atoms. The molecule has 5 N–H and O–H groups in total. The van der Waals surface area contributed by atoms with Gasteiger partial charge in [0.25, 0.3) is 0 Å². The van der Waals surface area contributed by atoms with Gasteiger partial charge in [-0.2, -0.15) is 0 Å². The molecule has 0 aliphatic heterocycles. The second kappa shape index (κ2) is 5.77. The molecule has 1 heterocycles. The van der Waals surface area contributed by atoms with Crippen LogP contribution in [-0.2, 0) is 0 Å². The van der Waals surface area contributed by atoms with Crippen LogP contribution in [0.3, 0.4) is 0 Å². The molecule has 0 radical (unpaired) electrons. The highest BCUT2D eigenvalue weighted by molar-refractivity contribution is 5.71. The first-order valence-corrected chi connectivity index (χ1v) is 7.08. The van der Waals surface area contributed by atoms with E-state index >= 15 is 0 Å². The highest BCUT2D eigenvalue weighted by Gasteiger charge is 2.07. The van der Waals surface area contributed by atoms with Crippen molar-refractivity contribution in [3.8, 4) is 22.6 Å². The monoisotopic (exact) mass is 290 g/mol. The third-order valence-corrected chi connectivity index (χ3v) is 3.63. The van der Waals surface area contributed by atoms with Crippen molar-refractivity contribution < 1.29 is 0 Å². The number of aromatic nitrogens is 2. The average molecular weight is 290 g/mol. The summed E-state index contributed by atoms with van der Waals surface area (Å²) in [5.74, 6) is 0.825. The number of nitrogens with zero attached hydrogens (tertiary/aromatic N) is 1. The zero-order valence-corrected chi connectivity index (χ0v) is 12.4. The molecule has 0 fully saturated rings. The minimum atomic E-state index is 0.743. The van der Waals surface area contributed by atoms with Crippen molar-refractivity contribution >= 4 is 11.3 Å². The predicted molar refractivity (Wildman–Crippen MR) is 91.7 cm³/mol. The zero-order valence-electron chi connectivity index (χ0n) is 12.4. The van der Waals surface area contributed by atoms with Crippen LogP contribution in [0.5, 0.6) is 0 Å². The van der Waals surface area contributed by atoms with Crippen LogP contribution >= 0.6 is 0 Å². The van der Waals surface area contributed by atoms with E-state index < -0.39 is 0 Å². The fourth-order valence-electron chi connectivity index (χ4n) is 2.28. The van der Waals surface area contributed by atoms with Gasteiger partial charge < -0.3 is 16.5 Å². The Balaban J connectivity index is 1.95. The van der Waals surface area contributed by atoms with E-state index in [0.29, 0.717) is 0 Å². The molecule has 110 valence electrons. The Bertz CT molecular complexity index is 813. The summed E-state index contributed by atoms with van der Waals surface area (Å²) in [5, 5.41) is 0. The van der Waals surface area contributed by atoms with Crippen molar-refractivity contribution in [2.45, 2.75) is 6.92 Å². The van der Waals surface area contributed by atoms with E-state index in [9.17, 15) is 0 Å². The third kappa shape index (κ3) is 2.72. The summed E-state index contributed by atoms with van der Waals surface area (Å²) < 4.78 is 0. The third-order valence-electron chi connectivity index (χ3n) is 3.63. The SMILES string of the molecule is C/C(=C\N)c1cccc(-c2c[nH]c(-c3ccc(N)cc3)n2)c1. The number of imidazole rings is 1. The molecule has 2 aromatic carbocycles. The molecule has 0 aliphatic rings. The first-order valence-electron chi connectivity index (χ1n) is 7.08. The summed E-state index contributed by atoms with van der Waals surface area (Å²) in [5.41, 5.74) is 17.1. The van der Waals surface area contributed by atoms with Gasteiger partial charge in [0.2, 0.25) is 0 Å². The molecule has 0 amide bonds. The van der Waals surface area contributed by atoms with Gasteiger partial charge in [-0.25, -0.2) is 4.98 Å². The lowest BCUT2D eigenvalue weighted by Gasteiger charge is -2.03. The van der Waals surface area contributed by atoms with Crippen LogP contribution < -0.4 is 11.5 Å². The minimum Gasteiger partial charge on any atom is -0.404 e. The van der Waals surface area contributed by atoms with Crippen molar-refractivity contribution in [2.24, 2.45) is 5.73 Å². The van der Waals surface area contributed by atoms with Gasteiger partial charge in [0.15, 0.2) is 0 Å². The van der Waals surface area contributed by atoms with Gasteiger partial charge in [0, 0.05) is 23.0 Å². The van der Waals surface area contributed by atoms with E-state index in [0.717, 1.165) is 39.5 Å². The van der Waals surface area contributed by atoms with Crippen LogP contribution in [0.15, 0.2) is 60.9 Å². The molecule has 22 heavy (non-hydrogen) atoms. The number of rotatable bonds is 3. The normalized spacial score (nSPS) is 11.6. The Kier molecular flexibility index (Phi) is 3.66. The van der Waals surface area contributed by atoms with E-state index in [4.69, 9.17) is 11.5 Å². The van der Waals surface area contributed by atoms with Crippen molar-refractivity contribution in [3.63, 3.8) is 0 Å². The number of anilines is 1. The van der Waals surface area contributed by atoms with E-state index in [1.807, 2.05) is 55.6 Å². The van der Waals surface area contributed by atoms with Crippen LogP contribution in [0.25, 0.3) is 28.2 Å². The molecule has 0 unspecified atom stereocenters. The Morgan fingerprint density at radius 1 is 1.09 bits per heavy atom. The van der Waals surface area contributed by atoms with Crippen molar-refractivity contribution in [2.75, 3.05) is 5.73 Å². The molecule has 0 atom stereocenters. The van der Waals surface area contributed by atoms with Crippen LogP contribution in [-0.4, -0.2) is 9.97 Å². The minimum absolute atomic E-state index is 0.743. The Morgan fingerprint density at radius 2 is 1.86 bits per heavy atom. The van der Waals surface area contributed by atoms with Crippen LogP contribution in [0.4, 0.5) is 5.69 Å². The molecule has 0 saturated carbocycles. The maximum atomic E-state index is 5.71. The lowest BCUT2D eigenvalue weighted by molar-refractivity contribution is 1.31. The Labute approximate surface area is 129 Å². The van der Waals surface area contributed by atoms with Gasteiger partial charge in [-0.05, 0) is 54.6 Å². The van der Waals surface area contributed by atoms with E-state index in [-0.39, 0.29) is 0 Å². The fourth-order valence-corrected chi connectivity index (χ4v) is 2.28. The van der Waals surface area contributed by atoms with Gasteiger partial charge in [0.1, 0.15) is 5.82 Å². The van der Waals surface area contributed by atoms with Crippen LogP contribution in [0, 0.1) is 0 Å². The summed E-state index contributed by atoms with van der Waals surface area (Å²) in [6.07, 6.45) is 3.52. The van der Waals surface area contributed by atoms with Gasteiger partial charge in [-0.15, -0.1) is 0 Å². The Hall–Kier alpha value is -3.01. The lowest BCUT2D eigenvalue weighted by Crippen LogP contribution is -1.87. The second-order valence-electron chi connectivity index (χ2n) is 5.19. The first kappa shape index (κ1) is 13.9. The molecule has 3 rings (SSSR count). The van der Waals surface area contributed by atoms with E-state index in [2.05, 4.69) is 16.0 Å². The molecule has 1 aromatic heterocycles. The molecule has 4 heteroatoms. The molecular formula is C18H18N4. The maximum absolute atomic E-state index is 5.71. The predicted octanol–water partition coefficient (Wildman–Crippen LogP) is 3.65. The number of nitrogens with two attached hydrogens (primary N) is 2. The molecule has 4 nitrogen and oxygen atoms in total. The number of benzene rings is 2. The van der Waals surface area contributed by atoms with Crippen molar-refractivity contribution in [1.82, 2.24) is 9.97 Å². The fraction of sp³-hybridized carbons (Fsp3) is 0.0556. The number of H-pyrrole nitrogens is 1. The highest BCUT2D eigenvalue weighted by atomic mass is 14.9. The van der Waals surface area contributed by atoms with Crippen LogP contribution in [0.2, 0.25) is 0 Å². The number of hydrogen-bond donors (Lipinski definition) is 3. The summed E-state index contributed by atoms with van der Waals surface area (Å²) >= 11 is 0. The topological polar surface area (TPSA) is 80.7 Å². The van der Waals surface area contributed by atoms with E-state index in [1.54, 1.807) is 6.20 Å². The second-order valence-corrected chi connectivity index (χ2v) is 5.19. The average Bonchev–Trinajstić information content (AvgIpc) is 3.05. The van der Waals surface area contributed by atoms with Gasteiger partial charge in [0.05, 0.1) is 5.69 Å². The summed E-state index contributed by atoms with van der Waals surface area (Å²) in [7, 11) is 0. The summed E-state index contributed by atoms with van der Waals surface area (Å²) in [4.78, 5) is 7.87. The van der Waals surface area contributed by atoms with Crippen molar-refractivity contribution in [3.05, 3.63) is 66.5 Å². The number of nitrogen functional groups attached to an aromatic ring is 1. The quantitative estimate of drug-likeness (QED) is 0.644. The van der Waals surface area contributed by atoms with Crippen molar-refractivity contribution in [1.29, 1.82) is 0 Å². The lowest BCUT2D eigenvalue weighted by atomic mass is 10.0. The van der Waals surface area contributed by atoms with Crippen LogP contribution in [0.1, 0.15) is 12.5 Å². The number of allylic oxidation sites excluding steroid dienone is 1. The number of aromatic amines is 1. The largest absolute Gasteiger partial charge is 0.404 e. The summed E-state index contributed by atoms with van der Waals surface area (Å²) in [6, 6.07) is 15.8. The molecule has 0 saturated heterocycles. The smallest absolute Gasteiger partial charge is 0.138 e. The Morgan fingerprint density at radius 3 is 2.59 bits per heavy atom. The molecular weight excluding hydrogens is 272 g/mol. The highest BCUT2D eigenvalue weighted by Crippen LogP contribution is 2.25. The molecule has 0 bridgehead atoms. The number of hydrogen-bond acceptors (Lipinski definition) is 3. The maximum Gasteiger partial charge on any atom is 0.138 e.